The van der Waals surface area contributed by atoms with Crippen LogP contribution in [0.3, 0.4) is 0 Å². The van der Waals surface area contributed by atoms with Crippen molar-refractivity contribution in [3.8, 4) is 11.8 Å². The third-order valence-electron chi connectivity index (χ3n) is 4.75. The lowest BCUT2D eigenvalue weighted by molar-refractivity contribution is 0.133. The molecule has 0 radical (unpaired) electrons. The monoisotopic (exact) mass is 304 g/mol. The molecule has 1 aliphatic carbocycles. The van der Waals surface area contributed by atoms with Gasteiger partial charge in [-0.1, -0.05) is 89.0 Å². The summed E-state index contributed by atoms with van der Waals surface area (Å²) in [7, 11) is 0. The number of allylic oxidation sites excluding steroid dienone is 2. The fraction of sp³-hybridized carbons (Fsp3) is 0.810. The Kier molecular flexibility index (Phi) is 12.2. The number of unbranched alkanes of at least 4 members (excludes halogenated alkanes) is 8. The van der Waals surface area contributed by atoms with Crippen molar-refractivity contribution < 1.29 is 5.11 Å². The lowest BCUT2D eigenvalue weighted by atomic mass is 9.85. The molecule has 0 aliphatic heterocycles. The molecule has 0 bridgehead atoms. The van der Waals surface area contributed by atoms with Crippen molar-refractivity contribution in [2.75, 3.05) is 0 Å². The molecule has 0 aromatic heterocycles. The second-order valence-corrected chi connectivity index (χ2v) is 6.80. The third-order valence-corrected chi connectivity index (χ3v) is 4.75. The van der Waals surface area contributed by atoms with Crippen molar-refractivity contribution >= 4 is 0 Å². The first kappa shape index (κ1) is 19.3. The van der Waals surface area contributed by atoms with Crippen LogP contribution in [-0.4, -0.2) is 11.2 Å². The first-order chi connectivity index (χ1) is 10.8. The molecular weight excluding hydrogens is 268 g/mol. The Morgan fingerprint density at radius 1 is 0.955 bits per heavy atom. The van der Waals surface area contributed by atoms with Gasteiger partial charge in [-0.2, -0.15) is 0 Å². The molecule has 0 saturated heterocycles. The molecule has 1 atom stereocenters. The van der Waals surface area contributed by atoms with Crippen LogP contribution in [-0.2, 0) is 0 Å². The van der Waals surface area contributed by atoms with Crippen LogP contribution in [0.15, 0.2) is 12.2 Å². The molecule has 0 aromatic rings. The average molecular weight is 305 g/mol. The zero-order valence-corrected chi connectivity index (χ0v) is 14.7. The van der Waals surface area contributed by atoms with Crippen LogP contribution < -0.4 is 0 Å². The number of rotatable bonds is 10. The molecule has 1 N–H and O–H groups in total. The highest BCUT2D eigenvalue weighted by Gasteiger charge is 2.19. The quantitative estimate of drug-likeness (QED) is 0.386. The second kappa shape index (κ2) is 13.9. The Morgan fingerprint density at radius 2 is 1.59 bits per heavy atom. The van der Waals surface area contributed by atoms with Gasteiger partial charge < -0.3 is 5.11 Å². The summed E-state index contributed by atoms with van der Waals surface area (Å²) in [5, 5.41) is 10.0. The molecule has 1 rings (SSSR count). The molecule has 1 aliphatic rings. The summed E-state index contributed by atoms with van der Waals surface area (Å²) < 4.78 is 0. The second-order valence-electron chi connectivity index (χ2n) is 6.80. The fourth-order valence-corrected chi connectivity index (χ4v) is 3.24. The van der Waals surface area contributed by atoms with Crippen LogP contribution in [0.2, 0.25) is 0 Å². The highest BCUT2D eigenvalue weighted by atomic mass is 16.3. The fourth-order valence-electron chi connectivity index (χ4n) is 3.24. The van der Waals surface area contributed by atoms with E-state index in [0.29, 0.717) is 5.92 Å². The number of hydrogen-bond acceptors (Lipinski definition) is 1. The maximum Gasteiger partial charge on any atom is 0.117 e. The van der Waals surface area contributed by atoms with Gasteiger partial charge in [0.2, 0.25) is 0 Å². The van der Waals surface area contributed by atoms with Crippen molar-refractivity contribution in [3.05, 3.63) is 12.2 Å². The zero-order chi connectivity index (χ0) is 15.9. The van der Waals surface area contributed by atoms with Crippen molar-refractivity contribution in [2.24, 2.45) is 5.92 Å². The molecule has 1 heteroatoms. The highest BCUT2D eigenvalue weighted by Crippen LogP contribution is 2.26. The molecule has 0 unspecified atom stereocenters. The van der Waals surface area contributed by atoms with Crippen molar-refractivity contribution in [1.82, 2.24) is 0 Å². The van der Waals surface area contributed by atoms with Crippen molar-refractivity contribution in [1.29, 1.82) is 0 Å². The summed E-state index contributed by atoms with van der Waals surface area (Å²) in [5.74, 6) is 6.45. The van der Waals surface area contributed by atoms with Crippen LogP contribution in [0.1, 0.15) is 96.8 Å². The summed E-state index contributed by atoms with van der Waals surface area (Å²) in [6.45, 7) is 2.27. The van der Waals surface area contributed by atoms with Gasteiger partial charge in [-0.05, 0) is 37.7 Å². The molecule has 1 nitrogen and oxygen atoms in total. The van der Waals surface area contributed by atoms with E-state index < -0.39 is 6.10 Å². The van der Waals surface area contributed by atoms with Crippen molar-refractivity contribution in [2.45, 2.75) is 103 Å². The van der Waals surface area contributed by atoms with E-state index in [1.165, 1.54) is 70.6 Å². The molecule has 1 fully saturated rings. The van der Waals surface area contributed by atoms with E-state index in [-0.39, 0.29) is 0 Å². The largest absolute Gasteiger partial charge is 0.380 e. The van der Waals surface area contributed by atoms with Gasteiger partial charge in [0.1, 0.15) is 6.10 Å². The van der Waals surface area contributed by atoms with E-state index in [1.807, 2.05) is 6.08 Å². The van der Waals surface area contributed by atoms with E-state index in [0.717, 1.165) is 19.3 Å². The number of hydrogen-bond donors (Lipinski definition) is 1. The molecule has 0 amide bonds. The van der Waals surface area contributed by atoms with E-state index in [1.54, 1.807) is 0 Å². The lowest BCUT2D eigenvalue weighted by Gasteiger charge is -2.23. The van der Waals surface area contributed by atoms with Gasteiger partial charge >= 0.3 is 0 Å². The predicted octanol–water partition coefficient (Wildman–Crippen LogP) is 6.02. The number of aliphatic hydroxyl groups is 1. The van der Waals surface area contributed by atoms with Gasteiger partial charge in [0, 0.05) is 0 Å². The van der Waals surface area contributed by atoms with Gasteiger partial charge in [0.05, 0.1) is 0 Å². The van der Waals surface area contributed by atoms with E-state index >= 15 is 0 Å². The Balaban J connectivity index is 1.96. The summed E-state index contributed by atoms with van der Waals surface area (Å²) in [6.07, 6.45) is 21.9. The van der Waals surface area contributed by atoms with E-state index in [4.69, 9.17) is 0 Å². The SMILES string of the molecule is CCCCCCCCCC/C=C/C#C[C@@H](O)C1CCCCC1. The first-order valence-corrected chi connectivity index (χ1v) is 9.68. The van der Waals surface area contributed by atoms with Gasteiger partial charge in [0.15, 0.2) is 0 Å². The van der Waals surface area contributed by atoms with E-state index in [2.05, 4.69) is 24.8 Å². The minimum absolute atomic E-state index is 0.409. The molecule has 0 heterocycles. The van der Waals surface area contributed by atoms with Gasteiger partial charge in [-0.3, -0.25) is 0 Å². The Hall–Kier alpha value is -0.740. The molecule has 22 heavy (non-hydrogen) atoms. The minimum atomic E-state index is -0.409. The number of aliphatic hydroxyl groups excluding tert-OH is 1. The van der Waals surface area contributed by atoms with Crippen molar-refractivity contribution in [3.63, 3.8) is 0 Å². The van der Waals surface area contributed by atoms with E-state index in [9.17, 15) is 5.11 Å². The average Bonchev–Trinajstić information content (AvgIpc) is 2.56. The highest BCUT2D eigenvalue weighted by molar-refractivity contribution is 5.18. The molecule has 0 aromatic carbocycles. The molecule has 0 spiro atoms. The maximum absolute atomic E-state index is 10.0. The summed E-state index contributed by atoms with van der Waals surface area (Å²) >= 11 is 0. The van der Waals surface area contributed by atoms with Crippen LogP contribution in [0.25, 0.3) is 0 Å². The molecule has 1 saturated carbocycles. The van der Waals surface area contributed by atoms with Crippen LogP contribution in [0.4, 0.5) is 0 Å². The van der Waals surface area contributed by atoms with Gasteiger partial charge in [-0.25, -0.2) is 0 Å². The Morgan fingerprint density at radius 3 is 2.27 bits per heavy atom. The third kappa shape index (κ3) is 10.1. The summed E-state index contributed by atoms with van der Waals surface area (Å²) in [4.78, 5) is 0. The van der Waals surface area contributed by atoms with Crippen LogP contribution >= 0.6 is 0 Å². The summed E-state index contributed by atoms with van der Waals surface area (Å²) in [6, 6.07) is 0. The molecule has 126 valence electrons. The predicted molar refractivity (Wildman–Crippen MR) is 96.7 cm³/mol. The topological polar surface area (TPSA) is 20.2 Å². The standard InChI is InChI=1S/C21H36O/c1-2-3-4-5-6-7-8-9-10-11-12-16-19-21(22)20-17-14-13-15-18-20/h11-12,20-22H,2-10,13-15,17-18H2,1H3/b12-11+/t21-/m1/s1. The maximum atomic E-state index is 10.0. The Bertz CT molecular complexity index is 328. The Labute approximate surface area is 138 Å². The van der Waals surface area contributed by atoms with Crippen LogP contribution in [0.5, 0.6) is 0 Å². The smallest absolute Gasteiger partial charge is 0.117 e. The van der Waals surface area contributed by atoms with Crippen LogP contribution in [0, 0.1) is 17.8 Å². The van der Waals surface area contributed by atoms with Gasteiger partial charge in [-0.15, -0.1) is 0 Å². The normalized spacial score (nSPS) is 17.4. The van der Waals surface area contributed by atoms with Gasteiger partial charge in [0.25, 0.3) is 0 Å². The summed E-state index contributed by atoms with van der Waals surface area (Å²) in [5.41, 5.74) is 0. The molecular formula is C21H36O. The zero-order valence-electron chi connectivity index (χ0n) is 14.7. The minimum Gasteiger partial charge on any atom is -0.380 e. The lowest BCUT2D eigenvalue weighted by Crippen LogP contribution is -2.20. The first-order valence-electron chi connectivity index (χ1n) is 9.68.